The summed E-state index contributed by atoms with van der Waals surface area (Å²) in [7, 11) is 0. The van der Waals surface area contributed by atoms with Crippen molar-refractivity contribution >= 4 is 75.0 Å². The molecule has 6 heteroatoms. The number of fused-ring (bicyclic) bond motifs is 10. The molecule has 0 amide bonds. The Labute approximate surface area is 302 Å². The number of thiophene rings is 1. The summed E-state index contributed by atoms with van der Waals surface area (Å²) in [6, 6.07) is 57.2. The van der Waals surface area contributed by atoms with Crippen LogP contribution in [-0.4, -0.2) is 24.5 Å². The summed E-state index contributed by atoms with van der Waals surface area (Å²) in [6.07, 6.45) is 0. The maximum absolute atomic E-state index is 5.53. The first-order valence-electron chi connectivity index (χ1n) is 17.3. The molecular weight excluding hydrogens is 655 g/mol. The molecule has 11 aromatic rings. The van der Waals surface area contributed by atoms with Crippen molar-refractivity contribution in [3.63, 3.8) is 0 Å². The fraction of sp³-hybridized carbons (Fsp3) is 0. The SMILES string of the molecule is c1ccc(-c2cc(-c3ccccc3)nc(-c3nc(-n4c5ccc6ccccc6c5c5ccc6ccccc6c54)nc4sc5ccccc5c34)n2)cc1. The molecule has 5 nitrogen and oxygen atoms in total. The summed E-state index contributed by atoms with van der Waals surface area (Å²) in [5, 5.41) is 9.13. The summed E-state index contributed by atoms with van der Waals surface area (Å²) in [5.74, 6) is 1.16. The lowest BCUT2D eigenvalue weighted by atomic mass is 10.0. The van der Waals surface area contributed by atoms with E-state index < -0.39 is 0 Å². The zero-order valence-corrected chi connectivity index (χ0v) is 28.5. The van der Waals surface area contributed by atoms with Gasteiger partial charge in [0.2, 0.25) is 5.95 Å². The van der Waals surface area contributed by atoms with E-state index >= 15 is 0 Å². The van der Waals surface area contributed by atoms with Gasteiger partial charge in [-0.1, -0.05) is 146 Å². The van der Waals surface area contributed by atoms with Crippen LogP contribution in [0.4, 0.5) is 0 Å². The number of hydrogen-bond donors (Lipinski definition) is 0. The van der Waals surface area contributed by atoms with Crippen molar-refractivity contribution in [3.05, 3.63) is 164 Å². The van der Waals surface area contributed by atoms with Crippen LogP contribution in [0.2, 0.25) is 0 Å². The second kappa shape index (κ2) is 11.4. The number of nitrogens with zero attached hydrogens (tertiary/aromatic N) is 5. The van der Waals surface area contributed by atoms with Crippen LogP contribution >= 0.6 is 11.3 Å². The molecule has 4 heterocycles. The molecule has 0 aliphatic heterocycles. The number of hydrogen-bond acceptors (Lipinski definition) is 5. The molecule has 0 aliphatic rings. The van der Waals surface area contributed by atoms with Gasteiger partial charge in [-0.3, -0.25) is 4.57 Å². The average Bonchev–Trinajstić information content (AvgIpc) is 3.77. The maximum atomic E-state index is 5.53. The largest absolute Gasteiger partial charge is 0.277 e. The van der Waals surface area contributed by atoms with Crippen LogP contribution in [0.15, 0.2) is 164 Å². The zero-order chi connectivity index (χ0) is 34.2. The second-order valence-corrected chi connectivity index (χ2v) is 14.1. The molecule has 0 unspecified atom stereocenters. The third-order valence-electron chi connectivity index (χ3n) is 10.0. The Morgan fingerprint density at radius 1 is 0.442 bits per heavy atom. The van der Waals surface area contributed by atoms with Gasteiger partial charge >= 0.3 is 0 Å². The van der Waals surface area contributed by atoms with Crippen molar-refractivity contribution in [2.45, 2.75) is 0 Å². The van der Waals surface area contributed by atoms with Crippen LogP contribution in [0.1, 0.15) is 0 Å². The van der Waals surface area contributed by atoms with Gasteiger partial charge in [0, 0.05) is 42.8 Å². The van der Waals surface area contributed by atoms with E-state index in [0.29, 0.717) is 17.5 Å². The van der Waals surface area contributed by atoms with Gasteiger partial charge in [0.25, 0.3) is 0 Å². The normalized spacial score (nSPS) is 11.8. The number of aromatic nitrogens is 5. The van der Waals surface area contributed by atoms with Gasteiger partial charge in [-0.05, 0) is 34.4 Å². The van der Waals surface area contributed by atoms with Gasteiger partial charge in [0.1, 0.15) is 10.5 Å². The maximum Gasteiger partial charge on any atom is 0.236 e. The number of benzene rings is 7. The van der Waals surface area contributed by atoms with E-state index in [1.165, 1.54) is 21.5 Å². The lowest BCUT2D eigenvalue weighted by Crippen LogP contribution is -2.05. The molecule has 0 radical (unpaired) electrons. The predicted molar refractivity (Wildman–Crippen MR) is 216 cm³/mol. The quantitative estimate of drug-likeness (QED) is 0.185. The lowest BCUT2D eigenvalue weighted by molar-refractivity contribution is 1.01. The Hall–Kier alpha value is -6.76. The fourth-order valence-electron chi connectivity index (χ4n) is 7.70. The van der Waals surface area contributed by atoms with E-state index in [4.69, 9.17) is 19.9 Å². The smallest absolute Gasteiger partial charge is 0.236 e. The fourth-order valence-corrected chi connectivity index (χ4v) is 8.77. The topological polar surface area (TPSA) is 56.5 Å². The third kappa shape index (κ3) is 4.41. The van der Waals surface area contributed by atoms with Gasteiger partial charge in [-0.25, -0.2) is 19.9 Å². The molecule has 0 N–H and O–H groups in total. The molecule has 0 saturated heterocycles. The summed E-state index contributed by atoms with van der Waals surface area (Å²) >= 11 is 1.68. The van der Waals surface area contributed by atoms with Crippen molar-refractivity contribution in [3.8, 4) is 40.0 Å². The van der Waals surface area contributed by atoms with Crippen molar-refractivity contribution < 1.29 is 0 Å². The monoisotopic (exact) mass is 681 g/mol. The van der Waals surface area contributed by atoms with Crippen LogP contribution < -0.4 is 0 Å². The molecular formula is C46H27N5S. The second-order valence-electron chi connectivity index (χ2n) is 13.0. The van der Waals surface area contributed by atoms with E-state index in [0.717, 1.165) is 64.6 Å². The third-order valence-corrected chi connectivity index (χ3v) is 11.1. The first kappa shape index (κ1) is 29.0. The number of rotatable bonds is 4. The standard InChI is InChI=1S/C46H27N5S/c1-3-15-30(16-4-1)36-27-37(31-17-5-2-6-18-31)48-44(47-36)42-41-34-21-11-12-22-39(34)52-45(41)50-46(49-42)51-38-26-24-28-13-7-9-19-32(28)40(38)35-25-23-29-14-8-10-20-33(29)43(35)51/h1-27H. The lowest BCUT2D eigenvalue weighted by Gasteiger charge is -2.13. The van der Waals surface area contributed by atoms with Crippen LogP contribution in [0.3, 0.4) is 0 Å². The van der Waals surface area contributed by atoms with Crippen molar-refractivity contribution in [2.24, 2.45) is 0 Å². The Morgan fingerprint density at radius 2 is 1.04 bits per heavy atom. The highest BCUT2D eigenvalue weighted by Gasteiger charge is 2.24. The molecule has 52 heavy (non-hydrogen) atoms. The van der Waals surface area contributed by atoms with Crippen LogP contribution in [0, 0.1) is 0 Å². The van der Waals surface area contributed by atoms with Gasteiger partial charge < -0.3 is 0 Å². The minimum Gasteiger partial charge on any atom is -0.277 e. The Balaban J connectivity index is 1.29. The van der Waals surface area contributed by atoms with E-state index in [2.05, 4.69) is 132 Å². The molecule has 0 bridgehead atoms. The highest BCUT2D eigenvalue weighted by atomic mass is 32.1. The molecule has 0 saturated carbocycles. The van der Waals surface area contributed by atoms with Gasteiger partial charge in [-0.15, -0.1) is 11.3 Å². The molecule has 7 aromatic carbocycles. The summed E-state index contributed by atoms with van der Waals surface area (Å²) in [4.78, 5) is 22.4. The molecule has 0 fully saturated rings. The highest BCUT2D eigenvalue weighted by Crippen LogP contribution is 2.42. The minimum atomic E-state index is 0.563. The van der Waals surface area contributed by atoms with Crippen LogP contribution in [0.5, 0.6) is 0 Å². The first-order chi connectivity index (χ1) is 25.8. The molecule has 0 aliphatic carbocycles. The Bertz CT molecular complexity index is 3130. The molecule has 0 atom stereocenters. The van der Waals surface area contributed by atoms with E-state index in [9.17, 15) is 0 Å². The zero-order valence-electron chi connectivity index (χ0n) is 27.7. The Kier molecular flexibility index (Phi) is 6.35. The van der Waals surface area contributed by atoms with Crippen LogP contribution in [-0.2, 0) is 0 Å². The molecule has 4 aromatic heterocycles. The summed E-state index contributed by atoms with van der Waals surface area (Å²) in [6.45, 7) is 0. The predicted octanol–water partition coefficient (Wildman–Crippen LogP) is 12.0. The summed E-state index contributed by atoms with van der Waals surface area (Å²) in [5.41, 5.74) is 6.57. The molecule has 0 spiro atoms. The van der Waals surface area contributed by atoms with E-state index in [1.54, 1.807) is 11.3 Å². The minimum absolute atomic E-state index is 0.563. The van der Waals surface area contributed by atoms with E-state index in [-0.39, 0.29) is 0 Å². The summed E-state index contributed by atoms with van der Waals surface area (Å²) < 4.78 is 3.40. The molecule has 242 valence electrons. The highest BCUT2D eigenvalue weighted by molar-refractivity contribution is 7.25. The van der Waals surface area contributed by atoms with Crippen molar-refractivity contribution in [1.82, 2.24) is 24.5 Å². The van der Waals surface area contributed by atoms with Crippen molar-refractivity contribution in [1.29, 1.82) is 0 Å². The first-order valence-corrected chi connectivity index (χ1v) is 18.1. The average molecular weight is 682 g/mol. The van der Waals surface area contributed by atoms with Crippen molar-refractivity contribution in [2.75, 3.05) is 0 Å². The van der Waals surface area contributed by atoms with Crippen LogP contribution in [0.25, 0.3) is 104 Å². The Morgan fingerprint density at radius 3 is 1.77 bits per heavy atom. The van der Waals surface area contributed by atoms with Gasteiger partial charge in [-0.2, -0.15) is 0 Å². The van der Waals surface area contributed by atoms with E-state index in [1.807, 2.05) is 36.4 Å². The van der Waals surface area contributed by atoms with Gasteiger partial charge in [0.15, 0.2) is 5.82 Å². The molecule has 11 rings (SSSR count). The van der Waals surface area contributed by atoms with Gasteiger partial charge in [0.05, 0.1) is 22.4 Å².